The van der Waals surface area contributed by atoms with Crippen molar-refractivity contribution in [1.29, 1.82) is 0 Å². The van der Waals surface area contributed by atoms with Gasteiger partial charge in [0.05, 0.1) is 27.8 Å². The molecule has 2 aromatic rings. The zero-order valence-corrected chi connectivity index (χ0v) is 20.0. The molecule has 1 saturated heterocycles. The Kier molecular flexibility index (Phi) is 6.99. The van der Waals surface area contributed by atoms with E-state index in [-0.39, 0.29) is 48.4 Å². The number of hydrogen-bond donors (Lipinski definition) is 0. The van der Waals surface area contributed by atoms with E-state index in [1.54, 1.807) is 4.90 Å². The summed E-state index contributed by atoms with van der Waals surface area (Å²) in [7, 11) is -3.55. The lowest BCUT2D eigenvalue weighted by Crippen LogP contribution is -2.49. The van der Waals surface area contributed by atoms with Gasteiger partial charge >= 0.3 is 6.18 Å². The molecule has 0 spiro atoms. The molecule has 190 valence electrons. The van der Waals surface area contributed by atoms with Crippen molar-refractivity contribution in [1.82, 2.24) is 4.90 Å². The molecule has 0 N–H and O–H groups in total. The quantitative estimate of drug-likeness (QED) is 0.549. The number of sulfone groups is 1. The molecule has 11 heteroatoms. The molecule has 4 rings (SSSR count). The van der Waals surface area contributed by atoms with Gasteiger partial charge in [-0.3, -0.25) is 4.79 Å². The highest BCUT2D eigenvalue weighted by molar-refractivity contribution is 7.90. The number of piperazine rings is 1. The molecule has 1 heterocycles. The van der Waals surface area contributed by atoms with E-state index in [1.165, 1.54) is 23.1 Å². The Bertz CT molecular complexity index is 1200. The number of benzene rings is 2. The summed E-state index contributed by atoms with van der Waals surface area (Å²) in [4.78, 5) is 16.5. The highest BCUT2D eigenvalue weighted by Gasteiger charge is 2.32. The summed E-state index contributed by atoms with van der Waals surface area (Å²) >= 11 is 0. The highest BCUT2D eigenvalue weighted by Crippen LogP contribution is 2.33. The van der Waals surface area contributed by atoms with Crippen molar-refractivity contribution in [3.63, 3.8) is 0 Å². The monoisotopic (exact) mass is 514 g/mol. The SMILES string of the molecule is CS(=O)(=O)c1ccc(OC2CCCC2)c(C(=O)N2CCN(c3ccc(C(F)(F)F)cc3F)CC2)c1. The second kappa shape index (κ2) is 9.67. The van der Waals surface area contributed by atoms with Gasteiger partial charge in [-0.1, -0.05) is 0 Å². The zero-order valence-electron chi connectivity index (χ0n) is 19.1. The van der Waals surface area contributed by atoms with Crippen LogP contribution in [0.5, 0.6) is 5.75 Å². The Labute approximate surface area is 201 Å². The molecule has 0 unspecified atom stereocenters. The van der Waals surface area contributed by atoms with E-state index in [2.05, 4.69) is 0 Å². The van der Waals surface area contributed by atoms with Gasteiger partial charge in [0, 0.05) is 32.4 Å². The topological polar surface area (TPSA) is 66.9 Å². The van der Waals surface area contributed by atoms with Crippen LogP contribution in [-0.4, -0.2) is 57.8 Å². The maximum absolute atomic E-state index is 14.4. The number of hydrogen-bond acceptors (Lipinski definition) is 5. The van der Waals surface area contributed by atoms with E-state index in [4.69, 9.17) is 4.74 Å². The number of nitrogens with zero attached hydrogens (tertiary/aromatic N) is 2. The average Bonchev–Trinajstić information content (AvgIpc) is 3.31. The summed E-state index contributed by atoms with van der Waals surface area (Å²) in [5, 5.41) is 0. The van der Waals surface area contributed by atoms with E-state index < -0.39 is 33.3 Å². The summed E-state index contributed by atoms with van der Waals surface area (Å²) in [6.07, 6.45) is 0.160. The van der Waals surface area contributed by atoms with Crippen LogP contribution < -0.4 is 9.64 Å². The third-order valence-corrected chi connectivity index (χ3v) is 7.50. The van der Waals surface area contributed by atoms with Gasteiger partial charge in [0.1, 0.15) is 11.6 Å². The fourth-order valence-corrected chi connectivity index (χ4v) is 5.10. The van der Waals surface area contributed by atoms with Crippen molar-refractivity contribution in [3.05, 3.63) is 53.3 Å². The molecule has 6 nitrogen and oxygen atoms in total. The van der Waals surface area contributed by atoms with E-state index in [0.29, 0.717) is 11.8 Å². The zero-order chi connectivity index (χ0) is 25.4. The van der Waals surface area contributed by atoms with Crippen molar-refractivity contribution in [2.45, 2.75) is 42.9 Å². The van der Waals surface area contributed by atoms with Crippen molar-refractivity contribution in [3.8, 4) is 5.75 Å². The molecule has 0 radical (unpaired) electrons. The summed E-state index contributed by atoms with van der Waals surface area (Å²) in [5.74, 6) is -1.06. The predicted octanol–water partition coefficient (Wildman–Crippen LogP) is 4.53. The standard InChI is InChI=1S/C24H26F4N2O4S/c1-35(32,33)18-7-9-22(34-17-4-2-3-5-17)19(15-18)23(31)30-12-10-29(11-13-30)21-8-6-16(14-20(21)25)24(26,27)28/h6-9,14-15,17H,2-5,10-13H2,1H3. The lowest BCUT2D eigenvalue weighted by Gasteiger charge is -2.36. The first kappa shape index (κ1) is 25.3. The van der Waals surface area contributed by atoms with Crippen LogP contribution >= 0.6 is 0 Å². The summed E-state index contributed by atoms with van der Waals surface area (Å²) in [6, 6.07) is 6.65. The number of carbonyl (C=O) groups is 1. The molecular formula is C24H26F4N2O4S. The van der Waals surface area contributed by atoms with E-state index >= 15 is 0 Å². The fourth-order valence-electron chi connectivity index (χ4n) is 4.46. The Morgan fingerprint density at radius 3 is 2.23 bits per heavy atom. The van der Waals surface area contributed by atoms with Gasteiger partial charge in [0.2, 0.25) is 0 Å². The summed E-state index contributed by atoms with van der Waals surface area (Å²) in [5.41, 5.74) is -0.878. The molecule has 0 atom stereocenters. The minimum absolute atomic E-state index is 0.00471. The van der Waals surface area contributed by atoms with Gasteiger partial charge in [-0.15, -0.1) is 0 Å². The normalized spacial score (nSPS) is 17.6. The lowest BCUT2D eigenvalue weighted by atomic mass is 10.1. The molecule has 1 saturated carbocycles. The third-order valence-electron chi connectivity index (χ3n) is 6.39. The average molecular weight is 515 g/mol. The lowest BCUT2D eigenvalue weighted by molar-refractivity contribution is -0.137. The number of rotatable bonds is 5. The Morgan fingerprint density at radius 2 is 1.66 bits per heavy atom. The minimum atomic E-state index is -4.64. The van der Waals surface area contributed by atoms with E-state index in [1.807, 2.05) is 0 Å². The third kappa shape index (κ3) is 5.71. The van der Waals surface area contributed by atoms with E-state index in [0.717, 1.165) is 44.1 Å². The minimum Gasteiger partial charge on any atom is -0.490 e. The molecule has 1 aliphatic carbocycles. The Hall–Kier alpha value is -2.82. The first-order valence-corrected chi connectivity index (χ1v) is 13.2. The van der Waals surface area contributed by atoms with E-state index in [9.17, 15) is 30.8 Å². The number of alkyl halides is 3. The molecule has 1 amide bonds. The van der Waals surface area contributed by atoms with Crippen LogP contribution in [0.1, 0.15) is 41.6 Å². The first-order valence-electron chi connectivity index (χ1n) is 11.4. The van der Waals surface area contributed by atoms with Gasteiger partial charge < -0.3 is 14.5 Å². The Balaban J connectivity index is 1.51. The number of carbonyl (C=O) groups excluding carboxylic acids is 1. The summed E-state index contributed by atoms with van der Waals surface area (Å²) < 4.78 is 83.1. The van der Waals surface area contributed by atoms with Crippen molar-refractivity contribution < 1.29 is 35.5 Å². The van der Waals surface area contributed by atoms with Crippen LogP contribution in [0.4, 0.5) is 23.2 Å². The second-order valence-corrected chi connectivity index (χ2v) is 10.9. The largest absolute Gasteiger partial charge is 0.490 e. The molecule has 2 aliphatic rings. The van der Waals surface area contributed by atoms with Gasteiger partial charge in [-0.05, 0) is 62.1 Å². The van der Waals surface area contributed by atoms with Gasteiger partial charge in [0.15, 0.2) is 9.84 Å². The molecule has 35 heavy (non-hydrogen) atoms. The van der Waals surface area contributed by atoms with Crippen molar-refractivity contribution >= 4 is 21.4 Å². The Morgan fingerprint density at radius 1 is 1.00 bits per heavy atom. The number of halogens is 4. The molecule has 0 bridgehead atoms. The molecule has 2 fully saturated rings. The van der Waals surface area contributed by atoms with Crippen LogP contribution in [0.15, 0.2) is 41.3 Å². The van der Waals surface area contributed by atoms with Crippen LogP contribution in [0.25, 0.3) is 0 Å². The van der Waals surface area contributed by atoms with Gasteiger partial charge in [-0.2, -0.15) is 13.2 Å². The van der Waals surface area contributed by atoms with Crippen LogP contribution in [0, 0.1) is 5.82 Å². The van der Waals surface area contributed by atoms with Gasteiger partial charge in [0.25, 0.3) is 5.91 Å². The number of amides is 1. The first-order chi connectivity index (χ1) is 16.4. The molecule has 0 aromatic heterocycles. The number of ether oxygens (including phenoxy) is 1. The molecule has 1 aliphatic heterocycles. The summed E-state index contributed by atoms with van der Waals surface area (Å²) in [6.45, 7) is 0.785. The smallest absolute Gasteiger partial charge is 0.416 e. The maximum Gasteiger partial charge on any atom is 0.416 e. The second-order valence-electron chi connectivity index (χ2n) is 8.90. The van der Waals surface area contributed by atoms with Crippen LogP contribution in [0.2, 0.25) is 0 Å². The highest BCUT2D eigenvalue weighted by atomic mass is 32.2. The van der Waals surface area contributed by atoms with Crippen molar-refractivity contribution in [2.24, 2.45) is 0 Å². The fraction of sp³-hybridized carbons (Fsp3) is 0.458. The maximum atomic E-state index is 14.4. The molecule has 2 aromatic carbocycles. The van der Waals surface area contributed by atoms with Crippen LogP contribution in [0.3, 0.4) is 0 Å². The van der Waals surface area contributed by atoms with Crippen LogP contribution in [-0.2, 0) is 16.0 Å². The van der Waals surface area contributed by atoms with Gasteiger partial charge in [-0.25, -0.2) is 12.8 Å². The molecular weight excluding hydrogens is 488 g/mol. The predicted molar refractivity (Wildman–Crippen MR) is 122 cm³/mol. The van der Waals surface area contributed by atoms with Crippen molar-refractivity contribution in [2.75, 3.05) is 37.3 Å². The number of anilines is 1.